The molecule has 0 amide bonds. The summed E-state index contributed by atoms with van der Waals surface area (Å²) in [6, 6.07) is 6.30. The molecular formula is C67H111NO21S. The van der Waals surface area contributed by atoms with Crippen molar-refractivity contribution in [3.05, 3.63) is 52.6 Å². The number of Topliss-reactive ketones (excluding diaryl/α,β-unsaturated/α-hetero) is 3. The molecule has 4 aliphatic rings. The van der Waals surface area contributed by atoms with Gasteiger partial charge in [-0.15, -0.1) is 0 Å². The van der Waals surface area contributed by atoms with Gasteiger partial charge in [-0.2, -0.15) is 8.42 Å². The van der Waals surface area contributed by atoms with Gasteiger partial charge in [-0.1, -0.05) is 135 Å². The van der Waals surface area contributed by atoms with Crippen LogP contribution in [0.4, 0.5) is 0 Å². The second-order valence-corrected chi connectivity index (χ2v) is 27.3. The number of esters is 2. The fourth-order valence-electron chi connectivity index (χ4n) is 12.4. The predicted molar refractivity (Wildman–Crippen MR) is 339 cm³/mol. The van der Waals surface area contributed by atoms with E-state index in [0.717, 1.165) is 18.4 Å². The van der Waals surface area contributed by atoms with E-state index in [1.165, 1.54) is 72.8 Å². The molecule has 5 rings (SSSR count). The Kier molecular flexibility index (Phi) is 32.6. The number of fused-ring (bicyclic) bond motifs is 1. The van der Waals surface area contributed by atoms with Crippen LogP contribution in [0, 0.1) is 23.7 Å². The molecule has 516 valence electrons. The maximum Gasteiger partial charge on any atom is 0.397 e. The minimum Gasteiger partial charge on any atom is -0.507 e. The van der Waals surface area contributed by atoms with Gasteiger partial charge in [-0.05, 0) is 102 Å². The van der Waals surface area contributed by atoms with Crippen LogP contribution in [0.2, 0.25) is 0 Å². The van der Waals surface area contributed by atoms with Crippen LogP contribution in [-0.2, 0) is 66.9 Å². The molecule has 18 atom stereocenters. The molecule has 0 bridgehead atoms. The summed E-state index contributed by atoms with van der Waals surface area (Å²) in [5.74, 6) is -6.81. The number of nitrogens with zero attached hydrogens (tertiary/aromatic N) is 1. The molecule has 3 heterocycles. The first kappa shape index (κ1) is 80.2. The number of benzene rings is 1. The Morgan fingerprint density at radius 2 is 1.36 bits per heavy atom. The fraction of sp³-hybridized carbons (Fsp3) is 0.776. The zero-order valence-electron chi connectivity index (χ0n) is 56.7. The van der Waals surface area contributed by atoms with Gasteiger partial charge in [-0.25, -0.2) is 4.18 Å². The number of carbonyl (C=O) groups is 5. The van der Waals surface area contributed by atoms with Crippen LogP contribution >= 0.6 is 0 Å². The highest BCUT2D eigenvalue weighted by molar-refractivity contribution is 7.80. The number of aliphatic hydroxyl groups is 5. The average molecular weight is 1300 g/mol. The number of cyclic esters (lactones) is 1. The van der Waals surface area contributed by atoms with Crippen LogP contribution in [-0.4, -0.2) is 185 Å². The molecular weight excluding hydrogens is 1190 g/mol. The fourth-order valence-corrected chi connectivity index (χ4v) is 12.8. The molecule has 18 unspecified atom stereocenters. The summed E-state index contributed by atoms with van der Waals surface area (Å²) in [6.07, 6.45) is 4.28. The van der Waals surface area contributed by atoms with E-state index in [1.807, 2.05) is 45.8 Å². The van der Waals surface area contributed by atoms with Crippen molar-refractivity contribution in [2.45, 2.75) is 284 Å². The van der Waals surface area contributed by atoms with Gasteiger partial charge in [0.25, 0.3) is 0 Å². The largest absolute Gasteiger partial charge is 0.507 e. The number of methoxy groups -OCH3 is 1. The molecule has 3 fully saturated rings. The molecule has 23 heteroatoms. The van der Waals surface area contributed by atoms with Crippen LogP contribution in [0.1, 0.15) is 216 Å². The number of likely N-dealkylation sites (N-methyl/N-ethyl adjacent to an activating group) is 1. The molecule has 3 aliphatic heterocycles. The first-order valence-corrected chi connectivity index (χ1v) is 33.7. The Balaban J connectivity index is 0.000000486. The van der Waals surface area contributed by atoms with Crippen LogP contribution in [0.5, 0.6) is 0 Å². The van der Waals surface area contributed by atoms with Crippen molar-refractivity contribution in [2.24, 2.45) is 23.7 Å². The van der Waals surface area contributed by atoms with E-state index in [9.17, 15) is 57.9 Å². The van der Waals surface area contributed by atoms with Crippen LogP contribution in [0.25, 0.3) is 5.76 Å². The van der Waals surface area contributed by atoms with Crippen molar-refractivity contribution in [1.29, 1.82) is 0 Å². The van der Waals surface area contributed by atoms with Crippen LogP contribution in [0.15, 0.2) is 41.5 Å². The van der Waals surface area contributed by atoms with E-state index in [4.69, 9.17) is 37.7 Å². The van der Waals surface area contributed by atoms with Gasteiger partial charge < -0.3 is 63.6 Å². The minimum atomic E-state index is -4.23. The van der Waals surface area contributed by atoms with Gasteiger partial charge in [-0.3, -0.25) is 28.5 Å². The Morgan fingerprint density at radius 3 is 1.89 bits per heavy atom. The van der Waals surface area contributed by atoms with Crippen LogP contribution < -0.4 is 0 Å². The average Bonchev–Trinajstić information content (AvgIpc) is 0.808. The second-order valence-electron chi connectivity index (χ2n) is 26.2. The number of rotatable bonds is 23. The maximum absolute atomic E-state index is 14.2. The Bertz CT molecular complexity index is 2630. The number of carbonyl (C=O) groups excluding carboxylic acids is 5. The third-order valence-electron chi connectivity index (χ3n) is 18.0. The van der Waals surface area contributed by atoms with Crippen molar-refractivity contribution in [3.8, 4) is 0 Å². The molecule has 6 N–H and O–H groups in total. The Hall–Kier alpha value is -4.08. The minimum absolute atomic E-state index is 0.0760. The topological polar surface area (TPSA) is 318 Å². The van der Waals surface area contributed by atoms with E-state index in [1.54, 1.807) is 72.7 Å². The molecule has 0 saturated carbocycles. The highest BCUT2D eigenvalue weighted by Crippen LogP contribution is 2.42. The monoisotopic (exact) mass is 1300 g/mol. The quantitative estimate of drug-likeness (QED) is 0.0195. The van der Waals surface area contributed by atoms with Crippen molar-refractivity contribution in [2.75, 3.05) is 27.8 Å². The lowest BCUT2D eigenvalue weighted by molar-refractivity contribution is -0.319. The SMILES string of the molecule is CC(C)=CCC1=C(O)c2ccccc2C(=O)C1=O.CCC(=O)OC1C(OC2C(C)C(OC3CC(C)(OC)C(O)C(C)O3)C(C)C(=O)OC(CC)C(C)(O)C(O)C(C)C(=O)C(C)CC2(C)O)OC(C)CC1N(C)C.CCCCCCCCCCCCOS(=O)(=O)O. The normalized spacial score (nSPS) is 33.8. The van der Waals surface area contributed by atoms with Gasteiger partial charge >= 0.3 is 22.3 Å². The van der Waals surface area contributed by atoms with Gasteiger partial charge in [0.05, 0.1) is 60.3 Å². The third-order valence-corrected chi connectivity index (χ3v) is 18.5. The van der Waals surface area contributed by atoms with Gasteiger partial charge in [0.1, 0.15) is 29.4 Å². The number of allylic oxidation sites excluding steroid dienone is 3. The first-order chi connectivity index (χ1) is 41.9. The Labute approximate surface area is 536 Å². The molecule has 1 aromatic rings. The summed E-state index contributed by atoms with van der Waals surface area (Å²) in [5.41, 5.74) is -2.98. The molecule has 0 aromatic heterocycles. The summed E-state index contributed by atoms with van der Waals surface area (Å²) in [4.78, 5) is 66.7. The first-order valence-electron chi connectivity index (χ1n) is 32.4. The number of aliphatic hydroxyl groups excluding tert-OH is 3. The van der Waals surface area contributed by atoms with Crippen molar-refractivity contribution >= 4 is 45.4 Å². The van der Waals surface area contributed by atoms with E-state index in [0.29, 0.717) is 18.4 Å². The highest BCUT2D eigenvalue weighted by Gasteiger charge is 2.54. The predicted octanol–water partition coefficient (Wildman–Crippen LogP) is 9.55. The second kappa shape index (κ2) is 36.5. The summed E-state index contributed by atoms with van der Waals surface area (Å²) in [5, 5.41) is 56.7. The lowest BCUT2D eigenvalue weighted by Crippen LogP contribution is -2.61. The number of unbranched alkanes of at least 4 members (excludes halogenated alkanes) is 9. The van der Waals surface area contributed by atoms with E-state index < -0.39 is 135 Å². The summed E-state index contributed by atoms with van der Waals surface area (Å²) in [6.45, 7) is 24.1. The van der Waals surface area contributed by atoms with Crippen LogP contribution in [0.3, 0.4) is 0 Å². The van der Waals surface area contributed by atoms with E-state index in [2.05, 4.69) is 11.1 Å². The van der Waals surface area contributed by atoms with Gasteiger partial charge in [0, 0.05) is 54.4 Å². The maximum atomic E-state index is 14.2. The third kappa shape index (κ3) is 22.8. The number of hydrogen-bond acceptors (Lipinski definition) is 21. The Morgan fingerprint density at radius 1 is 0.778 bits per heavy atom. The van der Waals surface area contributed by atoms with Crippen molar-refractivity contribution in [3.63, 3.8) is 0 Å². The highest BCUT2D eigenvalue weighted by atomic mass is 32.3. The molecule has 1 aliphatic carbocycles. The lowest BCUT2D eigenvalue weighted by atomic mass is 9.74. The van der Waals surface area contributed by atoms with E-state index in [-0.39, 0.29) is 67.8 Å². The van der Waals surface area contributed by atoms with E-state index >= 15 is 0 Å². The molecule has 22 nitrogen and oxygen atoms in total. The molecule has 1 aromatic carbocycles. The molecule has 0 radical (unpaired) electrons. The van der Waals surface area contributed by atoms with Crippen molar-refractivity contribution < 1.29 is 99.8 Å². The number of ketones is 3. The zero-order chi connectivity index (χ0) is 68.2. The number of ether oxygens (including phenoxy) is 7. The lowest BCUT2D eigenvalue weighted by Gasteiger charge is -2.49. The summed E-state index contributed by atoms with van der Waals surface area (Å²) in [7, 11) is 0.973. The van der Waals surface area contributed by atoms with Gasteiger partial charge in [0.15, 0.2) is 18.7 Å². The van der Waals surface area contributed by atoms with Gasteiger partial charge in [0.2, 0.25) is 11.6 Å². The van der Waals surface area contributed by atoms with Crippen molar-refractivity contribution in [1.82, 2.24) is 4.90 Å². The number of hydrogen-bond donors (Lipinski definition) is 6. The molecule has 0 spiro atoms. The zero-order valence-corrected chi connectivity index (χ0v) is 57.5. The molecule has 90 heavy (non-hydrogen) atoms. The smallest absolute Gasteiger partial charge is 0.397 e. The molecule has 3 saturated heterocycles. The standard InChI is InChI=1S/C40H71NO14.C15H14O3.C12H26O4S/c1-15-27-40(11,48)33(44)22(5)30(43)20(3)18-38(9,47)35(55-37-32(53-28(42)16-2)26(41(12)13)17-21(4)50-37)23(6)31(24(7)36(46)52-27)54-29-19-39(10,49-14)34(45)25(8)51-29;1-9(2)7-8-12-13(16)10-5-3-4-6-11(10)14(17)15(12)18;1-2-3-4-5-6-7-8-9-10-11-12-16-17(13,14)15/h20-27,29,31-35,37,44-45,47-48H,15-19H2,1-14H3;3-7,16H,8H2,1-2H3;2-12H2,1H3,(H,13,14,15). The summed E-state index contributed by atoms with van der Waals surface area (Å²) < 4.78 is 76.6. The summed E-state index contributed by atoms with van der Waals surface area (Å²) >= 11 is 0.